The van der Waals surface area contributed by atoms with Crippen LogP contribution < -0.4 is 0 Å². The highest BCUT2D eigenvalue weighted by molar-refractivity contribution is 7.89. The molecule has 0 aliphatic carbocycles. The molecular formula is C15H20ClNO3S. The Kier molecular flexibility index (Phi) is 5.09. The molecule has 1 aliphatic rings. The molecule has 2 rings (SSSR count). The van der Waals surface area contributed by atoms with E-state index in [9.17, 15) is 8.42 Å². The number of allylic oxidation sites excluding steroid dienone is 1. The number of hydrogen-bond donors (Lipinski definition) is 0. The number of ether oxygens (including phenoxy) is 1. The van der Waals surface area contributed by atoms with Gasteiger partial charge in [-0.2, -0.15) is 4.31 Å². The third-order valence-corrected chi connectivity index (χ3v) is 5.64. The van der Waals surface area contributed by atoms with Crippen molar-refractivity contribution < 1.29 is 13.2 Å². The molecule has 1 aliphatic heterocycles. The average molecular weight is 330 g/mol. The zero-order valence-electron chi connectivity index (χ0n) is 12.5. The van der Waals surface area contributed by atoms with Crippen molar-refractivity contribution in [1.82, 2.24) is 4.31 Å². The molecular weight excluding hydrogens is 310 g/mol. The Bertz CT molecular complexity index is 633. The van der Waals surface area contributed by atoms with E-state index in [0.717, 1.165) is 11.1 Å². The number of sulfonamides is 1. The summed E-state index contributed by atoms with van der Waals surface area (Å²) in [5.41, 5.74) is 1.87. The Hall–Kier alpha value is -0.880. The van der Waals surface area contributed by atoms with Crippen molar-refractivity contribution in [2.24, 2.45) is 0 Å². The summed E-state index contributed by atoms with van der Waals surface area (Å²) in [6.45, 7) is 6.70. The van der Waals surface area contributed by atoms with Crippen LogP contribution in [0.15, 0.2) is 39.8 Å². The molecule has 0 radical (unpaired) electrons. The van der Waals surface area contributed by atoms with Gasteiger partial charge >= 0.3 is 0 Å². The van der Waals surface area contributed by atoms with Crippen LogP contribution in [0.5, 0.6) is 0 Å². The number of hydrogen-bond acceptors (Lipinski definition) is 3. The number of benzene rings is 1. The number of rotatable bonds is 4. The molecule has 0 amide bonds. The first-order chi connectivity index (χ1) is 9.86. The van der Waals surface area contributed by atoms with E-state index < -0.39 is 10.0 Å². The van der Waals surface area contributed by atoms with Gasteiger partial charge in [0, 0.05) is 24.7 Å². The number of halogens is 1. The van der Waals surface area contributed by atoms with Crippen LogP contribution in [0.4, 0.5) is 0 Å². The Balaban J connectivity index is 2.30. The molecule has 1 aromatic carbocycles. The van der Waals surface area contributed by atoms with E-state index in [-0.39, 0.29) is 12.6 Å². The van der Waals surface area contributed by atoms with Gasteiger partial charge in [-0.15, -0.1) is 0 Å². The number of nitrogens with zero attached hydrogens (tertiary/aromatic N) is 1. The highest BCUT2D eigenvalue weighted by Gasteiger charge is 2.37. The van der Waals surface area contributed by atoms with Gasteiger partial charge in [-0.3, -0.25) is 0 Å². The van der Waals surface area contributed by atoms with E-state index in [1.54, 1.807) is 31.2 Å². The van der Waals surface area contributed by atoms with Crippen LogP contribution in [0.3, 0.4) is 0 Å². The van der Waals surface area contributed by atoms with E-state index in [1.807, 2.05) is 13.8 Å². The van der Waals surface area contributed by atoms with Crippen molar-refractivity contribution in [1.29, 1.82) is 0 Å². The van der Waals surface area contributed by atoms with Crippen molar-refractivity contribution in [3.8, 4) is 0 Å². The van der Waals surface area contributed by atoms with Gasteiger partial charge in [0.1, 0.15) is 0 Å². The lowest BCUT2D eigenvalue weighted by atomic mass is 10.2. The summed E-state index contributed by atoms with van der Waals surface area (Å²) >= 11 is 6.07. The summed E-state index contributed by atoms with van der Waals surface area (Å²) in [6.07, 6.45) is -0.257. The largest absolute Gasteiger partial charge is 0.373 e. The first-order valence-corrected chi connectivity index (χ1v) is 8.71. The first kappa shape index (κ1) is 16.5. The number of aryl methyl sites for hydroxylation is 1. The summed E-state index contributed by atoms with van der Waals surface area (Å²) in [4.78, 5) is 0.303. The van der Waals surface area contributed by atoms with Gasteiger partial charge in [-0.1, -0.05) is 29.3 Å². The van der Waals surface area contributed by atoms with Crippen molar-refractivity contribution >= 4 is 21.6 Å². The molecule has 6 heteroatoms. The van der Waals surface area contributed by atoms with E-state index in [4.69, 9.17) is 16.3 Å². The van der Waals surface area contributed by atoms with Gasteiger partial charge in [-0.25, -0.2) is 8.42 Å². The molecule has 1 fully saturated rings. The van der Waals surface area contributed by atoms with Gasteiger partial charge in [-0.05, 0) is 38.5 Å². The SMILES string of the molecule is CCOC1CN(S(=O)(=O)c2ccc(C)cc2)C/C1=C(/C)Cl. The van der Waals surface area contributed by atoms with Gasteiger partial charge in [0.15, 0.2) is 0 Å². The van der Waals surface area contributed by atoms with Crippen LogP contribution in [0.1, 0.15) is 19.4 Å². The molecule has 0 bridgehead atoms. The molecule has 0 aromatic heterocycles. The first-order valence-electron chi connectivity index (χ1n) is 6.89. The lowest BCUT2D eigenvalue weighted by Crippen LogP contribution is -2.30. The predicted molar refractivity (Wildman–Crippen MR) is 83.9 cm³/mol. The molecule has 0 N–H and O–H groups in total. The second-order valence-corrected chi connectivity index (χ2v) is 7.62. The maximum Gasteiger partial charge on any atom is 0.243 e. The fourth-order valence-corrected chi connectivity index (χ4v) is 3.98. The van der Waals surface area contributed by atoms with Crippen LogP contribution in [0.25, 0.3) is 0 Å². The monoisotopic (exact) mass is 329 g/mol. The Morgan fingerprint density at radius 2 is 2.00 bits per heavy atom. The van der Waals surface area contributed by atoms with Crippen LogP contribution in [0.2, 0.25) is 0 Å². The quantitative estimate of drug-likeness (QED) is 0.853. The molecule has 1 heterocycles. The predicted octanol–water partition coefficient (Wildman–Crippen LogP) is 2.92. The van der Waals surface area contributed by atoms with Crippen molar-refractivity contribution in [3.63, 3.8) is 0 Å². The molecule has 1 saturated heterocycles. The second-order valence-electron chi connectivity index (χ2n) is 5.11. The Morgan fingerprint density at radius 1 is 1.38 bits per heavy atom. The zero-order chi connectivity index (χ0) is 15.6. The van der Waals surface area contributed by atoms with E-state index >= 15 is 0 Å². The van der Waals surface area contributed by atoms with E-state index in [0.29, 0.717) is 23.1 Å². The summed E-state index contributed by atoms with van der Waals surface area (Å²) in [5, 5.41) is 0.607. The fourth-order valence-electron chi connectivity index (χ4n) is 2.38. The van der Waals surface area contributed by atoms with Gasteiger partial charge in [0.2, 0.25) is 10.0 Å². The molecule has 4 nitrogen and oxygen atoms in total. The summed E-state index contributed by atoms with van der Waals surface area (Å²) in [6, 6.07) is 6.87. The summed E-state index contributed by atoms with van der Waals surface area (Å²) in [7, 11) is -3.51. The van der Waals surface area contributed by atoms with Crippen LogP contribution >= 0.6 is 11.6 Å². The zero-order valence-corrected chi connectivity index (χ0v) is 14.0. The third kappa shape index (κ3) is 3.48. The lowest BCUT2D eigenvalue weighted by Gasteiger charge is -2.16. The molecule has 116 valence electrons. The fraction of sp³-hybridized carbons (Fsp3) is 0.467. The maximum atomic E-state index is 12.7. The van der Waals surface area contributed by atoms with Crippen LogP contribution in [-0.2, 0) is 14.8 Å². The molecule has 0 spiro atoms. The standard InChI is InChI=1S/C15H20ClNO3S/c1-4-20-15-10-17(9-14(15)12(3)16)21(18,19)13-7-5-11(2)6-8-13/h5-8,15H,4,9-10H2,1-3H3/b14-12+. The van der Waals surface area contributed by atoms with Crippen molar-refractivity contribution in [3.05, 3.63) is 40.4 Å². The summed E-state index contributed by atoms with van der Waals surface area (Å²) in [5.74, 6) is 0. The molecule has 1 atom stereocenters. The molecule has 21 heavy (non-hydrogen) atoms. The Morgan fingerprint density at radius 3 is 2.52 bits per heavy atom. The van der Waals surface area contributed by atoms with Crippen molar-refractivity contribution in [2.75, 3.05) is 19.7 Å². The van der Waals surface area contributed by atoms with Gasteiger partial charge in [0.05, 0.1) is 11.0 Å². The minimum Gasteiger partial charge on any atom is -0.373 e. The Labute approximate surface area is 131 Å². The maximum absolute atomic E-state index is 12.7. The van der Waals surface area contributed by atoms with Crippen LogP contribution in [-0.4, -0.2) is 38.5 Å². The smallest absolute Gasteiger partial charge is 0.243 e. The van der Waals surface area contributed by atoms with Gasteiger partial charge in [0.25, 0.3) is 0 Å². The highest BCUT2D eigenvalue weighted by Crippen LogP contribution is 2.29. The molecule has 1 aromatic rings. The summed E-state index contributed by atoms with van der Waals surface area (Å²) < 4.78 is 32.4. The second kappa shape index (κ2) is 6.48. The topological polar surface area (TPSA) is 46.6 Å². The minimum absolute atomic E-state index is 0.257. The normalized spacial score (nSPS) is 22.6. The molecule has 0 saturated carbocycles. The average Bonchev–Trinajstić information content (AvgIpc) is 2.84. The van der Waals surface area contributed by atoms with E-state index in [2.05, 4.69) is 0 Å². The molecule has 1 unspecified atom stereocenters. The van der Waals surface area contributed by atoms with Gasteiger partial charge < -0.3 is 4.74 Å². The lowest BCUT2D eigenvalue weighted by molar-refractivity contribution is 0.0946. The van der Waals surface area contributed by atoms with Crippen LogP contribution in [0, 0.1) is 6.92 Å². The van der Waals surface area contributed by atoms with Crippen molar-refractivity contribution in [2.45, 2.75) is 31.8 Å². The highest BCUT2D eigenvalue weighted by atomic mass is 35.5. The third-order valence-electron chi connectivity index (χ3n) is 3.57. The van der Waals surface area contributed by atoms with E-state index in [1.165, 1.54) is 4.31 Å². The minimum atomic E-state index is -3.51.